The average molecular weight is 367 g/mol. The largest absolute Gasteiger partial charge is 0.454 e. The Labute approximate surface area is 157 Å². The lowest BCUT2D eigenvalue weighted by atomic mass is 10.1. The van der Waals surface area contributed by atoms with Gasteiger partial charge in [0, 0.05) is 42.9 Å². The second-order valence-corrected chi connectivity index (χ2v) is 6.82. The van der Waals surface area contributed by atoms with Crippen LogP contribution >= 0.6 is 0 Å². The molecule has 0 radical (unpaired) electrons. The summed E-state index contributed by atoms with van der Waals surface area (Å²) in [5, 5.41) is 5.66. The first-order valence-corrected chi connectivity index (χ1v) is 8.90. The van der Waals surface area contributed by atoms with Crippen molar-refractivity contribution in [2.45, 2.75) is 13.3 Å². The van der Waals surface area contributed by atoms with Gasteiger partial charge < -0.3 is 25.0 Å². The van der Waals surface area contributed by atoms with Gasteiger partial charge in [0.15, 0.2) is 11.5 Å². The Balaban J connectivity index is 1.32. The number of fused-ring (bicyclic) bond motifs is 1. The minimum atomic E-state index is -0.269. The molecule has 1 fully saturated rings. The van der Waals surface area contributed by atoms with Gasteiger partial charge in [-0.05, 0) is 36.8 Å². The van der Waals surface area contributed by atoms with Crippen molar-refractivity contribution in [2.24, 2.45) is 5.92 Å². The van der Waals surface area contributed by atoms with Crippen molar-refractivity contribution >= 4 is 23.3 Å². The molecule has 2 aliphatic rings. The Morgan fingerprint density at radius 3 is 2.89 bits per heavy atom. The van der Waals surface area contributed by atoms with E-state index in [1.807, 2.05) is 49.4 Å². The number of amides is 3. The molecule has 0 aromatic heterocycles. The summed E-state index contributed by atoms with van der Waals surface area (Å²) in [5.41, 5.74) is 2.61. The highest BCUT2D eigenvalue weighted by molar-refractivity contribution is 5.96. The maximum Gasteiger partial charge on any atom is 0.319 e. The number of hydrogen-bond donors (Lipinski definition) is 2. The molecule has 2 aromatic rings. The number of urea groups is 1. The summed E-state index contributed by atoms with van der Waals surface area (Å²) in [6, 6.07) is 12.8. The molecule has 2 aliphatic heterocycles. The van der Waals surface area contributed by atoms with Crippen molar-refractivity contribution in [1.82, 2.24) is 5.32 Å². The Morgan fingerprint density at radius 2 is 2.04 bits per heavy atom. The maximum atomic E-state index is 12.4. The van der Waals surface area contributed by atoms with Crippen LogP contribution in [0.2, 0.25) is 0 Å². The highest BCUT2D eigenvalue weighted by Gasteiger charge is 2.31. The number of carbonyl (C=O) groups is 2. The number of rotatable bonds is 4. The van der Waals surface area contributed by atoms with Crippen LogP contribution in [0.1, 0.15) is 12.0 Å². The fourth-order valence-electron chi connectivity index (χ4n) is 3.36. The topological polar surface area (TPSA) is 79.9 Å². The van der Waals surface area contributed by atoms with Crippen LogP contribution in [0.5, 0.6) is 11.5 Å². The predicted molar refractivity (Wildman–Crippen MR) is 101 cm³/mol. The van der Waals surface area contributed by atoms with Gasteiger partial charge in [0.1, 0.15) is 0 Å². The molecule has 3 amide bonds. The van der Waals surface area contributed by atoms with E-state index in [2.05, 4.69) is 10.6 Å². The summed E-state index contributed by atoms with van der Waals surface area (Å²) in [5.74, 6) is 1.45. The number of nitrogens with one attached hydrogen (secondary N) is 2. The van der Waals surface area contributed by atoms with Crippen molar-refractivity contribution in [2.75, 3.05) is 30.1 Å². The molecule has 1 atom stereocenters. The normalized spacial score (nSPS) is 17.9. The molecule has 0 saturated carbocycles. The summed E-state index contributed by atoms with van der Waals surface area (Å²) < 4.78 is 10.7. The third kappa shape index (κ3) is 3.81. The van der Waals surface area contributed by atoms with Gasteiger partial charge >= 0.3 is 6.03 Å². The zero-order valence-corrected chi connectivity index (χ0v) is 15.0. The number of carbonyl (C=O) groups excluding carboxylic acids is 2. The summed E-state index contributed by atoms with van der Waals surface area (Å²) in [6.45, 7) is 3.17. The number of benzene rings is 2. The number of nitrogens with zero attached hydrogens (tertiary/aromatic N) is 1. The highest BCUT2D eigenvalue weighted by Crippen LogP contribution is 2.37. The van der Waals surface area contributed by atoms with Crippen LogP contribution in [0.3, 0.4) is 0 Å². The van der Waals surface area contributed by atoms with E-state index in [1.54, 1.807) is 4.90 Å². The van der Waals surface area contributed by atoms with E-state index >= 15 is 0 Å². The molecule has 0 spiro atoms. The van der Waals surface area contributed by atoms with Gasteiger partial charge in [-0.1, -0.05) is 12.1 Å². The van der Waals surface area contributed by atoms with E-state index in [0.29, 0.717) is 31.0 Å². The van der Waals surface area contributed by atoms with Crippen LogP contribution in [-0.2, 0) is 4.79 Å². The van der Waals surface area contributed by atoms with Crippen molar-refractivity contribution in [3.63, 3.8) is 0 Å². The zero-order valence-electron chi connectivity index (χ0n) is 15.0. The van der Waals surface area contributed by atoms with Crippen LogP contribution in [0.4, 0.5) is 16.2 Å². The fraction of sp³-hybridized carbons (Fsp3) is 0.300. The van der Waals surface area contributed by atoms with E-state index in [4.69, 9.17) is 9.47 Å². The maximum absolute atomic E-state index is 12.4. The minimum absolute atomic E-state index is 0.0414. The third-order valence-electron chi connectivity index (χ3n) is 4.70. The molecule has 4 rings (SSSR count). The molecule has 2 N–H and O–H groups in total. The second-order valence-electron chi connectivity index (χ2n) is 6.82. The molecule has 2 heterocycles. The molecule has 7 heteroatoms. The molecule has 2 aromatic carbocycles. The number of aryl methyl sites for hydroxylation is 1. The van der Waals surface area contributed by atoms with Gasteiger partial charge in [-0.2, -0.15) is 0 Å². The van der Waals surface area contributed by atoms with Gasteiger partial charge in [-0.15, -0.1) is 0 Å². The van der Waals surface area contributed by atoms with E-state index < -0.39 is 0 Å². The highest BCUT2D eigenvalue weighted by atomic mass is 16.7. The van der Waals surface area contributed by atoms with E-state index in [9.17, 15) is 9.59 Å². The van der Waals surface area contributed by atoms with Gasteiger partial charge in [0.05, 0.1) is 0 Å². The number of hydrogen-bond acceptors (Lipinski definition) is 4. The predicted octanol–water partition coefficient (Wildman–Crippen LogP) is 2.90. The summed E-state index contributed by atoms with van der Waals surface area (Å²) >= 11 is 0. The van der Waals surface area contributed by atoms with Crippen molar-refractivity contribution in [1.29, 1.82) is 0 Å². The molecule has 0 aliphatic carbocycles. The first-order valence-electron chi connectivity index (χ1n) is 8.90. The van der Waals surface area contributed by atoms with Crippen molar-refractivity contribution in [3.05, 3.63) is 48.0 Å². The van der Waals surface area contributed by atoms with Crippen LogP contribution in [-0.4, -0.2) is 31.8 Å². The quantitative estimate of drug-likeness (QED) is 0.871. The molecule has 0 unspecified atom stereocenters. The summed E-state index contributed by atoms with van der Waals surface area (Å²) in [7, 11) is 0. The SMILES string of the molecule is Cc1cccc(NC(=O)NC[C@H]2CC(=O)N(c3ccc4c(c3)OCO4)C2)c1. The number of ether oxygens (including phenoxy) is 2. The molecule has 140 valence electrons. The molecule has 0 bridgehead atoms. The standard InChI is InChI=1S/C20H21N3O4/c1-13-3-2-4-15(7-13)22-20(25)21-10-14-8-19(24)23(11-14)16-5-6-17-18(9-16)27-12-26-17/h2-7,9,14H,8,10-12H2,1H3,(H2,21,22,25)/t14-/m1/s1. The summed E-state index contributed by atoms with van der Waals surface area (Å²) in [6.07, 6.45) is 0.402. The van der Waals surface area contributed by atoms with Crippen LogP contribution in [0, 0.1) is 12.8 Å². The lowest BCUT2D eigenvalue weighted by Gasteiger charge is -2.17. The molecule has 1 saturated heterocycles. The molecular formula is C20H21N3O4. The Kier molecular flexibility index (Phi) is 4.58. The first-order chi connectivity index (χ1) is 13.1. The number of anilines is 2. The average Bonchev–Trinajstić information content (AvgIpc) is 3.25. The fourth-order valence-corrected chi connectivity index (χ4v) is 3.36. The smallest absolute Gasteiger partial charge is 0.319 e. The Hall–Kier alpha value is -3.22. The van der Waals surface area contributed by atoms with Crippen molar-refractivity contribution in [3.8, 4) is 11.5 Å². The zero-order chi connectivity index (χ0) is 18.8. The first kappa shape index (κ1) is 17.2. The van der Waals surface area contributed by atoms with E-state index in [1.165, 1.54) is 0 Å². The van der Waals surface area contributed by atoms with Crippen LogP contribution in [0.25, 0.3) is 0 Å². The van der Waals surface area contributed by atoms with Gasteiger partial charge in [0.2, 0.25) is 12.7 Å². The third-order valence-corrected chi connectivity index (χ3v) is 4.70. The lowest BCUT2D eigenvalue weighted by molar-refractivity contribution is -0.117. The monoisotopic (exact) mass is 367 g/mol. The Bertz CT molecular complexity index is 883. The molecule has 7 nitrogen and oxygen atoms in total. The van der Waals surface area contributed by atoms with Gasteiger partial charge in [0.25, 0.3) is 0 Å². The van der Waals surface area contributed by atoms with Gasteiger partial charge in [-0.3, -0.25) is 4.79 Å². The van der Waals surface area contributed by atoms with Crippen LogP contribution < -0.4 is 25.0 Å². The van der Waals surface area contributed by atoms with Crippen molar-refractivity contribution < 1.29 is 19.1 Å². The summed E-state index contributed by atoms with van der Waals surface area (Å²) in [4.78, 5) is 26.2. The lowest BCUT2D eigenvalue weighted by Crippen LogP contribution is -2.34. The Morgan fingerprint density at radius 1 is 1.19 bits per heavy atom. The van der Waals surface area contributed by atoms with E-state index in [-0.39, 0.29) is 24.6 Å². The van der Waals surface area contributed by atoms with Gasteiger partial charge in [-0.25, -0.2) is 4.79 Å². The van der Waals surface area contributed by atoms with Crippen LogP contribution in [0.15, 0.2) is 42.5 Å². The second kappa shape index (κ2) is 7.19. The van der Waals surface area contributed by atoms with E-state index in [0.717, 1.165) is 16.9 Å². The molecule has 27 heavy (non-hydrogen) atoms. The minimum Gasteiger partial charge on any atom is -0.454 e. The molecular weight excluding hydrogens is 346 g/mol.